The van der Waals surface area contributed by atoms with E-state index in [2.05, 4.69) is 16.0 Å². The van der Waals surface area contributed by atoms with Crippen LogP contribution in [0, 0.1) is 11.8 Å². The molecule has 1 aromatic heterocycles. The van der Waals surface area contributed by atoms with E-state index >= 15 is 0 Å². The maximum atomic E-state index is 13.1. The van der Waals surface area contributed by atoms with E-state index in [1.165, 1.54) is 5.56 Å². The number of nitrogens with zero attached hydrogens (tertiary/aromatic N) is 4. The lowest BCUT2D eigenvalue weighted by molar-refractivity contribution is -0.133. The molecule has 162 valence electrons. The van der Waals surface area contributed by atoms with Crippen LogP contribution in [-0.4, -0.2) is 70.3 Å². The number of amides is 2. The van der Waals surface area contributed by atoms with Crippen LogP contribution in [-0.2, 0) is 11.3 Å². The van der Waals surface area contributed by atoms with Crippen LogP contribution in [0.15, 0.2) is 48.8 Å². The first-order valence-electron chi connectivity index (χ1n) is 10.9. The van der Waals surface area contributed by atoms with Crippen molar-refractivity contribution >= 4 is 23.4 Å². The molecule has 0 saturated carbocycles. The first-order chi connectivity index (χ1) is 15.0. The second-order valence-corrected chi connectivity index (χ2v) is 9.50. The van der Waals surface area contributed by atoms with Crippen LogP contribution in [0.1, 0.15) is 28.8 Å². The maximum Gasteiger partial charge on any atom is 0.253 e. The van der Waals surface area contributed by atoms with E-state index in [0.29, 0.717) is 29.6 Å². The summed E-state index contributed by atoms with van der Waals surface area (Å²) in [6.45, 7) is 3.89. The van der Waals surface area contributed by atoms with Gasteiger partial charge in [0.2, 0.25) is 5.91 Å². The number of aromatic nitrogens is 1. The van der Waals surface area contributed by atoms with E-state index in [1.54, 1.807) is 30.5 Å². The first-order valence-corrected chi connectivity index (χ1v) is 11.3. The molecule has 0 N–H and O–H groups in total. The molecule has 5 rings (SSSR count). The summed E-state index contributed by atoms with van der Waals surface area (Å²) in [5, 5.41) is 0.628. The van der Waals surface area contributed by atoms with Gasteiger partial charge in [-0.15, -0.1) is 0 Å². The topological polar surface area (TPSA) is 56.8 Å². The number of fused-ring (bicyclic) bond motifs is 2. The van der Waals surface area contributed by atoms with Gasteiger partial charge in [0, 0.05) is 68.7 Å². The van der Waals surface area contributed by atoms with Crippen molar-refractivity contribution in [3.05, 3.63) is 64.9 Å². The molecule has 7 heteroatoms. The normalized spacial score (nSPS) is 25.3. The molecule has 3 aliphatic heterocycles. The standard InChI is InChI=1S/C24H27ClN4O2/c1-27-23(31)20-15-28(14-17-3-2-10-26-13-17)16-21(20)24(27)8-11-29(12-9-24)22(30)18-4-6-19(25)7-5-18/h2-7,10,13,20-21H,8-9,11-12,14-16H2,1H3/t20-,21+/m0/s1. The number of halogens is 1. The van der Waals surface area contributed by atoms with Gasteiger partial charge in [0.25, 0.3) is 5.91 Å². The number of rotatable bonds is 3. The molecule has 3 aliphatic rings. The van der Waals surface area contributed by atoms with Crippen LogP contribution in [0.2, 0.25) is 5.02 Å². The first kappa shape index (κ1) is 20.5. The van der Waals surface area contributed by atoms with Gasteiger partial charge in [-0.05, 0) is 48.7 Å². The van der Waals surface area contributed by atoms with Crippen molar-refractivity contribution in [2.45, 2.75) is 24.9 Å². The Balaban J connectivity index is 1.29. The van der Waals surface area contributed by atoms with Gasteiger partial charge in [0.05, 0.1) is 11.5 Å². The zero-order chi connectivity index (χ0) is 21.6. The largest absolute Gasteiger partial charge is 0.339 e. The SMILES string of the molecule is CN1C(=O)[C@H]2CN(Cc3cccnc3)C[C@H]2C12CCN(C(=O)c1ccc(Cl)cc1)CC2. The highest BCUT2D eigenvalue weighted by Crippen LogP contribution is 2.49. The van der Waals surface area contributed by atoms with Crippen molar-refractivity contribution in [1.82, 2.24) is 19.7 Å². The number of piperidine rings is 1. The molecule has 6 nitrogen and oxygen atoms in total. The van der Waals surface area contributed by atoms with E-state index in [-0.39, 0.29) is 23.3 Å². The Hall–Kier alpha value is -2.44. The molecule has 3 saturated heterocycles. The van der Waals surface area contributed by atoms with E-state index in [0.717, 1.165) is 32.5 Å². The van der Waals surface area contributed by atoms with Gasteiger partial charge >= 0.3 is 0 Å². The molecule has 2 amide bonds. The van der Waals surface area contributed by atoms with Crippen LogP contribution < -0.4 is 0 Å². The highest BCUT2D eigenvalue weighted by Gasteiger charge is 2.60. The number of pyridine rings is 1. The minimum atomic E-state index is -0.151. The summed E-state index contributed by atoms with van der Waals surface area (Å²) in [6.07, 6.45) is 5.35. The van der Waals surface area contributed by atoms with Gasteiger partial charge in [-0.2, -0.15) is 0 Å². The Morgan fingerprint density at radius 3 is 2.58 bits per heavy atom. The third kappa shape index (κ3) is 3.52. The van der Waals surface area contributed by atoms with Crippen molar-refractivity contribution in [2.24, 2.45) is 11.8 Å². The molecular formula is C24H27ClN4O2. The lowest BCUT2D eigenvalue weighted by Gasteiger charge is -2.46. The van der Waals surface area contributed by atoms with Crippen molar-refractivity contribution in [3.63, 3.8) is 0 Å². The van der Waals surface area contributed by atoms with Crippen molar-refractivity contribution < 1.29 is 9.59 Å². The number of benzene rings is 1. The second-order valence-electron chi connectivity index (χ2n) is 9.07. The molecule has 2 aromatic rings. The number of carbonyl (C=O) groups is 2. The lowest BCUT2D eigenvalue weighted by atomic mass is 9.75. The minimum Gasteiger partial charge on any atom is -0.339 e. The van der Waals surface area contributed by atoms with Gasteiger partial charge in [-0.1, -0.05) is 17.7 Å². The summed E-state index contributed by atoms with van der Waals surface area (Å²) in [5.74, 6) is 0.672. The van der Waals surface area contributed by atoms with Crippen molar-refractivity contribution in [3.8, 4) is 0 Å². The Morgan fingerprint density at radius 1 is 1.16 bits per heavy atom. The van der Waals surface area contributed by atoms with Crippen molar-refractivity contribution in [2.75, 3.05) is 33.2 Å². The summed E-state index contributed by atoms with van der Waals surface area (Å²) in [5.41, 5.74) is 1.70. The Morgan fingerprint density at radius 2 is 1.90 bits per heavy atom. The summed E-state index contributed by atoms with van der Waals surface area (Å²) < 4.78 is 0. The summed E-state index contributed by atoms with van der Waals surface area (Å²) in [6, 6.07) is 11.1. The predicted molar refractivity (Wildman–Crippen MR) is 119 cm³/mol. The van der Waals surface area contributed by atoms with Crippen LogP contribution in [0.3, 0.4) is 0 Å². The fourth-order valence-electron chi connectivity index (χ4n) is 5.85. The molecule has 0 unspecified atom stereocenters. The van der Waals surface area contributed by atoms with Gasteiger partial charge in [-0.3, -0.25) is 19.5 Å². The molecule has 1 spiro atoms. The van der Waals surface area contributed by atoms with E-state index in [4.69, 9.17) is 11.6 Å². The van der Waals surface area contributed by atoms with Gasteiger partial charge in [0.1, 0.15) is 0 Å². The number of carbonyl (C=O) groups excluding carboxylic acids is 2. The van der Waals surface area contributed by atoms with Crippen LogP contribution in [0.5, 0.6) is 0 Å². The van der Waals surface area contributed by atoms with Crippen LogP contribution in [0.25, 0.3) is 0 Å². The molecule has 0 radical (unpaired) electrons. The zero-order valence-corrected chi connectivity index (χ0v) is 18.5. The predicted octanol–water partition coefficient (Wildman–Crippen LogP) is 2.93. The summed E-state index contributed by atoms with van der Waals surface area (Å²) >= 11 is 5.96. The summed E-state index contributed by atoms with van der Waals surface area (Å²) in [7, 11) is 1.96. The smallest absolute Gasteiger partial charge is 0.253 e. The molecule has 1 aromatic carbocycles. The Labute approximate surface area is 187 Å². The molecule has 31 heavy (non-hydrogen) atoms. The third-order valence-electron chi connectivity index (χ3n) is 7.54. The van der Waals surface area contributed by atoms with E-state index in [1.807, 2.05) is 29.1 Å². The quantitative estimate of drug-likeness (QED) is 0.739. The monoisotopic (exact) mass is 438 g/mol. The van der Waals surface area contributed by atoms with Crippen LogP contribution in [0.4, 0.5) is 0 Å². The molecule has 0 bridgehead atoms. The zero-order valence-electron chi connectivity index (χ0n) is 17.7. The minimum absolute atomic E-state index is 0.0414. The molecule has 0 aliphatic carbocycles. The van der Waals surface area contributed by atoms with Gasteiger partial charge < -0.3 is 9.80 Å². The molecule has 2 atom stereocenters. The van der Waals surface area contributed by atoms with Crippen LogP contribution >= 0.6 is 11.6 Å². The highest BCUT2D eigenvalue weighted by atomic mass is 35.5. The lowest BCUT2D eigenvalue weighted by Crippen LogP contribution is -2.56. The molecular weight excluding hydrogens is 412 g/mol. The third-order valence-corrected chi connectivity index (χ3v) is 7.79. The fourth-order valence-corrected chi connectivity index (χ4v) is 5.98. The second kappa shape index (κ2) is 7.92. The van der Waals surface area contributed by atoms with E-state index < -0.39 is 0 Å². The van der Waals surface area contributed by atoms with Gasteiger partial charge in [0.15, 0.2) is 0 Å². The molecule has 3 fully saturated rings. The summed E-state index contributed by atoms with van der Waals surface area (Å²) in [4.78, 5) is 36.6. The average Bonchev–Trinajstić information content (AvgIpc) is 3.29. The van der Waals surface area contributed by atoms with Gasteiger partial charge in [-0.25, -0.2) is 0 Å². The Bertz CT molecular complexity index is 973. The average molecular weight is 439 g/mol. The molecule has 4 heterocycles. The highest BCUT2D eigenvalue weighted by molar-refractivity contribution is 6.30. The maximum absolute atomic E-state index is 13.1. The van der Waals surface area contributed by atoms with Crippen molar-refractivity contribution in [1.29, 1.82) is 0 Å². The Kier molecular flexibility index (Phi) is 5.22. The number of likely N-dealkylation sites (tertiary alicyclic amines) is 3. The number of hydrogen-bond acceptors (Lipinski definition) is 4. The number of hydrogen-bond donors (Lipinski definition) is 0. The van der Waals surface area contributed by atoms with E-state index in [9.17, 15) is 9.59 Å². The fraction of sp³-hybridized carbons (Fsp3) is 0.458.